The number of carboxylic acid groups (broad SMARTS) is 1. The topological polar surface area (TPSA) is 62.5 Å². The predicted octanol–water partition coefficient (Wildman–Crippen LogP) is 1.41. The molecule has 0 aromatic carbocycles. The van der Waals surface area contributed by atoms with Gasteiger partial charge >= 0.3 is 5.97 Å². The predicted molar refractivity (Wildman–Crippen MR) is 66.5 cm³/mol. The van der Waals surface area contributed by atoms with Gasteiger partial charge in [0.25, 0.3) is 5.91 Å². The van der Waals surface area contributed by atoms with Gasteiger partial charge in [0.15, 0.2) is 0 Å². The molecule has 0 saturated heterocycles. The Labute approximate surface area is 106 Å². The van der Waals surface area contributed by atoms with E-state index < -0.39 is 5.97 Å². The lowest BCUT2D eigenvalue weighted by atomic mass is 10.3. The van der Waals surface area contributed by atoms with Crippen molar-refractivity contribution in [1.82, 2.24) is 9.47 Å². The first-order valence-corrected chi connectivity index (χ1v) is 6.16. The van der Waals surface area contributed by atoms with Crippen LogP contribution >= 0.6 is 0 Å². The molecule has 0 radical (unpaired) electrons. The second kappa shape index (κ2) is 4.84. The molecule has 0 aliphatic heterocycles. The number of amides is 1. The molecule has 1 aliphatic carbocycles. The van der Waals surface area contributed by atoms with E-state index in [2.05, 4.69) is 0 Å². The van der Waals surface area contributed by atoms with E-state index >= 15 is 0 Å². The summed E-state index contributed by atoms with van der Waals surface area (Å²) >= 11 is 0. The number of carbonyl (C=O) groups excluding carboxylic acids is 1. The van der Waals surface area contributed by atoms with Crippen LogP contribution in [-0.4, -0.2) is 39.0 Å². The third-order valence-corrected chi connectivity index (χ3v) is 3.41. The molecule has 0 spiro atoms. The molecular formula is C13H18N2O3. The van der Waals surface area contributed by atoms with Gasteiger partial charge in [0, 0.05) is 25.3 Å². The smallest absolute Gasteiger partial charge is 0.305 e. The molecule has 0 atom stereocenters. The van der Waals surface area contributed by atoms with E-state index in [-0.39, 0.29) is 18.4 Å². The van der Waals surface area contributed by atoms with Crippen molar-refractivity contribution in [3.63, 3.8) is 0 Å². The average molecular weight is 250 g/mol. The molecule has 1 fully saturated rings. The van der Waals surface area contributed by atoms with Gasteiger partial charge in [0.2, 0.25) is 0 Å². The van der Waals surface area contributed by atoms with Crippen LogP contribution in [0.5, 0.6) is 0 Å². The molecule has 1 aromatic heterocycles. The van der Waals surface area contributed by atoms with Crippen molar-refractivity contribution in [3.8, 4) is 0 Å². The minimum Gasteiger partial charge on any atom is -0.481 e. The van der Waals surface area contributed by atoms with Gasteiger partial charge in [0.05, 0.1) is 6.42 Å². The van der Waals surface area contributed by atoms with E-state index in [0.29, 0.717) is 12.2 Å². The zero-order chi connectivity index (χ0) is 13.3. The Kier molecular flexibility index (Phi) is 3.41. The van der Waals surface area contributed by atoms with Crippen molar-refractivity contribution >= 4 is 11.9 Å². The minimum atomic E-state index is -0.864. The zero-order valence-electron chi connectivity index (χ0n) is 10.7. The molecule has 18 heavy (non-hydrogen) atoms. The first kappa shape index (κ1) is 12.7. The van der Waals surface area contributed by atoms with Crippen molar-refractivity contribution in [1.29, 1.82) is 0 Å². The van der Waals surface area contributed by atoms with Gasteiger partial charge in [-0.3, -0.25) is 9.59 Å². The van der Waals surface area contributed by atoms with Crippen molar-refractivity contribution in [2.45, 2.75) is 32.2 Å². The van der Waals surface area contributed by atoms with E-state index in [9.17, 15) is 9.59 Å². The summed E-state index contributed by atoms with van der Waals surface area (Å²) in [5, 5.41) is 8.73. The first-order chi connectivity index (χ1) is 8.50. The van der Waals surface area contributed by atoms with Crippen molar-refractivity contribution < 1.29 is 14.7 Å². The van der Waals surface area contributed by atoms with Crippen LogP contribution in [0, 0.1) is 6.92 Å². The fraction of sp³-hybridized carbons (Fsp3) is 0.538. The van der Waals surface area contributed by atoms with E-state index in [4.69, 9.17) is 5.11 Å². The third kappa shape index (κ3) is 2.55. The second-order valence-electron chi connectivity index (χ2n) is 4.79. The largest absolute Gasteiger partial charge is 0.481 e. The van der Waals surface area contributed by atoms with Crippen molar-refractivity contribution in [3.05, 3.63) is 23.5 Å². The number of carboxylic acids is 1. The second-order valence-corrected chi connectivity index (χ2v) is 4.79. The standard InChI is InChI=1S/C13H18N2O3/c1-9-3-6-11(14(9)2)13(18)15(10-4-5-10)8-7-12(16)17/h3,6,10H,4-5,7-8H2,1-2H3,(H,16,17). The van der Waals surface area contributed by atoms with E-state index in [1.165, 1.54) is 0 Å². The highest BCUT2D eigenvalue weighted by Crippen LogP contribution is 2.28. The highest BCUT2D eigenvalue weighted by molar-refractivity contribution is 5.93. The van der Waals surface area contributed by atoms with Gasteiger partial charge in [-0.05, 0) is 31.9 Å². The minimum absolute atomic E-state index is 0.00560. The normalized spacial score (nSPS) is 14.6. The van der Waals surface area contributed by atoms with Gasteiger partial charge in [-0.2, -0.15) is 0 Å². The highest BCUT2D eigenvalue weighted by atomic mass is 16.4. The zero-order valence-corrected chi connectivity index (χ0v) is 10.7. The van der Waals surface area contributed by atoms with Crippen molar-refractivity contribution in [2.75, 3.05) is 6.54 Å². The SMILES string of the molecule is Cc1ccc(C(=O)N(CCC(=O)O)C2CC2)n1C. The molecule has 1 aliphatic rings. The Balaban J connectivity index is 2.13. The van der Waals surface area contributed by atoms with E-state index in [1.54, 1.807) is 11.0 Å². The summed E-state index contributed by atoms with van der Waals surface area (Å²) in [5.41, 5.74) is 1.65. The fourth-order valence-corrected chi connectivity index (χ4v) is 2.03. The van der Waals surface area contributed by atoms with Gasteiger partial charge in [-0.15, -0.1) is 0 Å². The number of nitrogens with zero attached hydrogens (tertiary/aromatic N) is 2. The van der Waals surface area contributed by atoms with Crippen LogP contribution in [-0.2, 0) is 11.8 Å². The Morgan fingerprint density at radius 1 is 1.44 bits per heavy atom. The van der Waals surface area contributed by atoms with Gasteiger partial charge in [-0.25, -0.2) is 0 Å². The summed E-state index contributed by atoms with van der Waals surface area (Å²) in [7, 11) is 1.85. The molecule has 0 unspecified atom stereocenters. The maximum atomic E-state index is 12.4. The molecule has 5 nitrogen and oxygen atoms in total. The lowest BCUT2D eigenvalue weighted by molar-refractivity contribution is -0.137. The number of aromatic nitrogens is 1. The highest BCUT2D eigenvalue weighted by Gasteiger charge is 2.34. The van der Waals surface area contributed by atoms with Crippen LogP contribution in [0.2, 0.25) is 0 Å². The van der Waals surface area contributed by atoms with Crippen LogP contribution in [0.4, 0.5) is 0 Å². The summed E-state index contributed by atoms with van der Waals surface area (Å²) in [5.74, 6) is -0.925. The molecule has 98 valence electrons. The summed E-state index contributed by atoms with van der Waals surface area (Å²) < 4.78 is 1.85. The molecule has 1 aromatic rings. The van der Waals surface area contributed by atoms with E-state index in [0.717, 1.165) is 18.5 Å². The molecule has 1 amide bonds. The summed E-state index contributed by atoms with van der Waals surface area (Å²) in [4.78, 5) is 24.7. The third-order valence-electron chi connectivity index (χ3n) is 3.41. The van der Waals surface area contributed by atoms with Crippen LogP contribution in [0.15, 0.2) is 12.1 Å². The Morgan fingerprint density at radius 3 is 2.56 bits per heavy atom. The van der Waals surface area contributed by atoms with Gasteiger partial charge in [0.1, 0.15) is 5.69 Å². The molecule has 1 saturated carbocycles. The molecule has 2 rings (SSSR count). The maximum Gasteiger partial charge on any atom is 0.305 e. The number of hydrogen-bond donors (Lipinski definition) is 1. The Bertz CT molecular complexity index is 475. The monoisotopic (exact) mass is 250 g/mol. The molecule has 1 N–H and O–H groups in total. The molecule has 1 heterocycles. The van der Waals surface area contributed by atoms with E-state index in [1.807, 2.05) is 24.6 Å². The first-order valence-electron chi connectivity index (χ1n) is 6.16. The summed E-state index contributed by atoms with van der Waals surface area (Å²) in [6.07, 6.45) is 1.97. The average Bonchev–Trinajstić information content (AvgIpc) is 3.08. The molecular weight excluding hydrogens is 232 g/mol. The number of rotatable bonds is 5. The number of aliphatic carboxylic acids is 1. The molecule has 0 bridgehead atoms. The van der Waals surface area contributed by atoms with Gasteiger partial charge in [-0.1, -0.05) is 0 Å². The maximum absolute atomic E-state index is 12.4. The lowest BCUT2D eigenvalue weighted by Gasteiger charge is -2.22. The van der Waals surface area contributed by atoms with Crippen LogP contribution < -0.4 is 0 Å². The summed E-state index contributed by atoms with van der Waals surface area (Å²) in [6.45, 7) is 2.23. The number of aryl methyl sites for hydroxylation is 1. The van der Waals surface area contributed by atoms with Crippen LogP contribution in [0.25, 0.3) is 0 Å². The molecule has 5 heteroatoms. The van der Waals surface area contributed by atoms with Gasteiger partial charge < -0.3 is 14.6 Å². The lowest BCUT2D eigenvalue weighted by Crippen LogP contribution is -2.36. The van der Waals surface area contributed by atoms with Crippen LogP contribution in [0.3, 0.4) is 0 Å². The number of hydrogen-bond acceptors (Lipinski definition) is 2. The van der Waals surface area contributed by atoms with Crippen LogP contribution in [0.1, 0.15) is 35.4 Å². The Morgan fingerprint density at radius 2 is 2.11 bits per heavy atom. The quantitative estimate of drug-likeness (QED) is 0.859. The Hall–Kier alpha value is -1.78. The van der Waals surface area contributed by atoms with Crippen molar-refractivity contribution in [2.24, 2.45) is 7.05 Å². The number of carbonyl (C=O) groups is 2. The fourth-order valence-electron chi connectivity index (χ4n) is 2.03. The summed E-state index contributed by atoms with van der Waals surface area (Å²) in [6, 6.07) is 3.93.